The van der Waals surface area contributed by atoms with Gasteiger partial charge in [-0.25, -0.2) is 4.98 Å². The van der Waals surface area contributed by atoms with E-state index in [-0.39, 0.29) is 28.9 Å². The van der Waals surface area contributed by atoms with E-state index in [1.807, 2.05) is 0 Å². The van der Waals surface area contributed by atoms with E-state index in [1.165, 1.54) is 18.3 Å². The molecular weight excluding hydrogens is 282 g/mol. The number of hydrogen-bond donors (Lipinski definition) is 1. The summed E-state index contributed by atoms with van der Waals surface area (Å²) in [4.78, 5) is 25.9. The molecule has 20 heavy (non-hydrogen) atoms. The minimum absolute atomic E-state index is 0.0174. The van der Waals surface area contributed by atoms with Gasteiger partial charge in [0.05, 0.1) is 10.5 Å². The second-order valence-electron chi connectivity index (χ2n) is 3.95. The van der Waals surface area contributed by atoms with Gasteiger partial charge < -0.3 is 5.32 Å². The van der Waals surface area contributed by atoms with Crippen LogP contribution >= 0.6 is 11.6 Å². The third-order valence-corrected chi connectivity index (χ3v) is 2.88. The third kappa shape index (κ3) is 3.30. The maximum absolute atomic E-state index is 11.9. The number of amides is 1. The number of carbonyl (C=O) groups is 1. The Morgan fingerprint density at radius 2 is 2.15 bits per heavy atom. The lowest BCUT2D eigenvalue weighted by Gasteiger charge is -2.06. The summed E-state index contributed by atoms with van der Waals surface area (Å²) in [6, 6.07) is 9.22. The average Bonchev–Trinajstić information content (AvgIpc) is 2.45. The Morgan fingerprint density at radius 1 is 1.35 bits per heavy atom. The normalized spacial score (nSPS) is 10.1. The van der Waals surface area contributed by atoms with E-state index in [9.17, 15) is 14.9 Å². The second kappa shape index (κ2) is 6.12. The summed E-state index contributed by atoms with van der Waals surface area (Å²) in [6.45, 7) is 0.172. The van der Waals surface area contributed by atoms with Crippen molar-refractivity contribution in [1.29, 1.82) is 0 Å². The van der Waals surface area contributed by atoms with Gasteiger partial charge in [0.2, 0.25) is 0 Å². The van der Waals surface area contributed by atoms with E-state index < -0.39 is 4.92 Å². The van der Waals surface area contributed by atoms with Crippen molar-refractivity contribution in [2.45, 2.75) is 6.54 Å². The van der Waals surface area contributed by atoms with E-state index in [2.05, 4.69) is 10.3 Å². The van der Waals surface area contributed by atoms with Crippen LogP contribution in [0.25, 0.3) is 0 Å². The summed E-state index contributed by atoms with van der Waals surface area (Å²) >= 11 is 5.81. The zero-order valence-corrected chi connectivity index (χ0v) is 11.0. The molecule has 0 atom stereocenters. The van der Waals surface area contributed by atoms with Gasteiger partial charge in [-0.1, -0.05) is 23.7 Å². The molecule has 0 unspecified atom stereocenters. The molecule has 1 N–H and O–H groups in total. The van der Waals surface area contributed by atoms with Crippen LogP contribution in [0.1, 0.15) is 15.9 Å². The Balaban J connectivity index is 2.06. The van der Waals surface area contributed by atoms with Gasteiger partial charge in [0, 0.05) is 24.9 Å². The van der Waals surface area contributed by atoms with Gasteiger partial charge in [-0.15, -0.1) is 0 Å². The van der Waals surface area contributed by atoms with Crippen LogP contribution in [-0.4, -0.2) is 15.8 Å². The van der Waals surface area contributed by atoms with Crippen LogP contribution in [-0.2, 0) is 6.54 Å². The largest absolute Gasteiger partial charge is 0.348 e. The van der Waals surface area contributed by atoms with Gasteiger partial charge in [-0.3, -0.25) is 14.9 Å². The number of rotatable bonds is 4. The minimum Gasteiger partial charge on any atom is -0.348 e. The number of carbonyl (C=O) groups excluding carboxylic acids is 1. The molecule has 1 amide bonds. The second-order valence-corrected chi connectivity index (χ2v) is 4.31. The molecule has 1 heterocycles. The molecule has 102 valence electrons. The highest BCUT2D eigenvalue weighted by atomic mass is 35.5. The molecule has 0 aliphatic heterocycles. The van der Waals surface area contributed by atoms with Crippen molar-refractivity contribution in [3.05, 3.63) is 69.0 Å². The number of hydrogen-bond acceptors (Lipinski definition) is 4. The molecule has 6 nitrogen and oxygen atoms in total. The average molecular weight is 292 g/mol. The lowest BCUT2D eigenvalue weighted by Crippen LogP contribution is -2.23. The van der Waals surface area contributed by atoms with Gasteiger partial charge >= 0.3 is 0 Å². The van der Waals surface area contributed by atoms with E-state index in [1.54, 1.807) is 24.3 Å². The first-order valence-electron chi connectivity index (χ1n) is 5.70. The van der Waals surface area contributed by atoms with E-state index in [0.29, 0.717) is 5.56 Å². The smallest absolute Gasteiger partial charge is 0.269 e. The number of nitrogens with one attached hydrogen (secondary N) is 1. The number of benzene rings is 1. The minimum atomic E-state index is -0.483. The van der Waals surface area contributed by atoms with Crippen molar-refractivity contribution in [2.75, 3.05) is 0 Å². The SMILES string of the molecule is O=C(NCc1cccc([N+](=O)[O-])c1)c1cccnc1Cl. The molecule has 1 aromatic carbocycles. The summed E-state index contributed by atoms with van der Waals surface area (Å²) in [5.41, 5.74) is 0.878. The fourth-order valence-corrected chi connectivity index (χ4v) is 1.82. The number of nitrogens with zero attached hydrogens (tertiary/aromatic N) is 2. The topological polar surface area (TPSA) is 85.1 Å². The Bertz CT molecular complexity index is 661. The molecular formula is C13H10ClN3O3. The van der Waals surface area contributed by atoms with Gasteiger partial charge in [0.15, 0.2) is 0 Å². The maximum atomic E-state index is 11.9. The number of nitro groups is 1. The number of non-ortho nitro benzene ring substituents is 1. The Morgan fingerprint density at radius 3 is 2.85 bits per heavy atom. The fraction of sp³-hybridized carbons (Fsp3) is 0.0769. The lowest BCUT2D eigenvalue weighted by atomic mass is 10.2. The van der Waals surface area contributed by atoms with E-state index in [0.717, 1.165) is 0 Å². The third-order valence-electron chi connectivity index (χ3n) is 2.58. The van der Waals surface area contributed by atoms with Crippen LogP contribution in [0.15, 0.2) is 42.6 Å². The number of pyridine rings is 1. The molecule has 0 bridgehead atoms. The zero-order valence-electron chi connectivity index (χ0n) is 10.2. The molecule has 0 saturated heterocycles. The molecule has 2 rings (SSSR count). The van der Waals surface area contributed by atoms with Crippen LogP contribution in [0.2, 0.25) is 5.15 Å². The van der Waals surface area contributed by atoms with E-state index >= 15 is 0 Å². The van der Waals surface area contributed by atoms with E-state index in [4.69, 9.17) is 11.6 Å². The molecule has 7 heteroatoms. The van der Waals surface area contributed by atoms with Crippen LogP contribution in [0.4, 0.5) is 5.69 Å². The summed E-state index contributed by atoms with van der Waals surface area (Å²) in [6.07, 6.45) is 1.49. The highest BCUT2D eigenvalue weighted by Crippen LogP contribution is 2.14. The lowest BCUT2D eigenvalue weighted by molar-refractivity contribution is -0.384. The van der Waals surface area contributed by atoms with Crippen LogP contribution in [0, 0.1) is 10.1 Å². The zero-order chi connectivity index (χ0) is 14.5. The number of nitro benzene ring substituents is 1. The molecule has 0 aliphatic carbocycles. The quantitative estimate of drug-likeness (QED) is 0.533. The van der Waals surface area contributed by atoms with Crippen LogP contribution < -0.4 is 5.32 Å². The summed E-state index contributed by atoms with van der Waals surface area (Å²) < 4.78 is 0. The molecule has 0 saturated carbocycles. The molecule has 1 aromatic heterocycles. The van der Waals surface area contributed by atoms with Crippen molar-refractivity contribution >= 4 is 23.2 Å². The summed E-state index contributed by atoms with van der Waals surface area (Å²) in [5.74, 6) is -0.380. The standard InChI is InChI=1S/C13H10ClN3O3/c14-12-11(5-2-6-15-12)13(18)16-8-9-3-1-4-10(7-9)17(19)20/h1-7H,8H2,(H,16,18). The Labute approximate surface area is 119 Å². The van der Waals surface area contributed by atoms with Crippen molar-refractivity contribution in [1.82, 2.24) is 10.3 Å². The maximum Gasteiger partial charge on any atom is 0.269 e. The number of aromatic nitrogens is 1. The molecule has 0 radical (unpaired) electrons. The van der Waals surface area contributed by atoms with Crippen LogP contribution in [0.5, 0.6) is 0 Å². The van der Waals surface area contributed by atoms with Gasteiger partial charge in [-0.05, 0) is 17.7 Å². The first kappa shape index (κ1) is 14.0. The van der Waals surface area contributed by atoms with Crippen LogP contribution in [0.3, 0.4) is 0 Å². The summed E-state index contributed by atoms with van der Waals surface area (Å²) in [7, 11) is 0. The molecule has 0 fully saturated rings. The predicted molar refractivity (Wildman–Crippen MR) is 73.5 cm³/mol. The van der Waals surface area contributed by atoms with Gasteiger partial charge in [-0.2, -0.15) is 0 Å². The summed E-state index contributed by atoms with van der Waals surface area (Å²) in [5, 5.41) is 13.4. The predicted octanol–water partition coefficient (Wildman–Crippen LogP) is 2.57. The van der Waals surface area contributed by atoms with Crippen molar-refractivity contribution in [3.63, 3.8) is 0 Å². The van der Waals surface area contributed by atoms with Gasteiger partial charge in [0.1, 0.15) is 5.15 Å². The highest BCUT2D eigenvalue weighted by Gasteiger charge is 2.11. The molecule has 2 aromatic rings. The Hall–Kier alpha value is -2.47. The van der Waals surface area contributed by atoms with Crippen molar-refractivity contribution in [3.8, 4) is 0 Å². The first-order valence-corrected chi connectivity index (χ1v) is 6.08. The Kier molecular flexibility index (Phi) is 4.27. The van der Waals surface area contributed by atoms with Crippen molar-refractivity contribution in [2.24, 2.45) is 0 Å². The number of halogens is 1. The van der Waals surface area contributed by atoms with Gasteiger partial charge in [0.25, 0.3) is 11.6 Å². The highest BCUT2D eigenvalue weighted by molar-refractivity contribution is 6.32. The molecule has 0 aliphatic rings. The molecule has 0 spiro atoms. The fourth-order valence-electron chi connectivity index (χ4n) is 1.61. The monoisotopic (exact) mass is 291 g/mol. The van der Waals surface area contributed by atoms with Crippen molar-refractivity contribution < 1.29 is 9.72 Å². The first-order chi connectivity index (χ1) is 9.58.